The molecule has 0 aliphatic carbocycles. The van der Waals surface area contributed by atoms with E-state index in [0.29, 0.717) is 13.2 Å². The first-order chi connectivity index (χ1) is 8.68. The Morgan fingerprint density at radius 1 is 1.28 bits per heavy atom. The van der Waals surface area contributed by atoms with Gasteiger partial charge in [-0.1, -0.05) is 12.1 Å². The third-order valence-electron chi connectivity index (χ3n) is 3.24. The van der Waals surface area contributed by atoms with Gasteiger partial charge in [-0.2, -0.15) is 0 Å². The number of nitrogens with zero attached hydrogens (tertiary/aromatic N) is 1. The smallest absolute Gasteiger partial charge is 0.227 e. The molecule has 1 fully saturated rings. The molecule has 0 bridgehead atoms. The van der Waals surface area contributed by atoms with Crippen LogP contribution in [0.15, 0.2) is 24.3 Å². The first-order valence-corrected chi connectivity index (χ1v) is 6.33. The average Bonchev–Trinajstić information content (AvgIpc) is 2.40. The molecule has 0 saturated carbocycles. The number of carbonyl (C=O) groups is 1. The summed E-state index contributed by atoms with van der Waals surface area (Å²) < 4.78 is 5.27. The summed E-state index contributed by atoms with van der Waals surface area (Å²) in [6, 6.07) is 7.85. The molecule has 0 atom stereocenters. The Kier molecular flexibility index (Phi) is 4.20. The molecule has 0 spiro atoms. The molecular weight excluding hydrogens is 228 g/mol. The normalized spacial score (nSPS) is 16.3. The van der Waals surface area contributed by atoms with Gasteiger partial charge in [0.05, 0.1) is 11.4 Å². The summed E-state index contributed by atoms with van der Waals surface area (Å²) in [5.74, 6) is 0.182. The number of hydrogen-bond acceptors (Lipinski definition) is 3. The van der Waals surface area contributed by atoms with Crippen LogP contribution in [0, 0.1) is 5.92 Å². The van der Waals surface area contributed by atoms with Crippen molar-refractivity contribution in [3.8, 4) is 0 Å². The largest absolute Gasteiger partial charge is 0.381 e. The molecule has 98 valence electrons. The highest BCUT2D eigenvalue weighted by molar-refractivity contribution is 5.95. The summed E-state index contributed by atoms with van der Waals surface area (Å²) in [7, 11) is 3.94. The molecule has 1 saturated heterocycles. The van der Waals surface area contributed by atoms with Crippen molar-refractivity contribution in [1.29, 1.82) is 0 Å². The molecule has 4 heteroatoms. The van der Waals surface area contributed by atoms with Gasteiger partial charge in [-0.3, -0.25) is 4.79 Å². The van der Waals surface area contributed by atoms with E-state index in [1.165, 1.54) is 0 Å². The average molecular weight is 248 g/mol. The number of amides is 1. The number of rotatable bonds is 3. The van der Waals surface area contributed by atoms with Gasteiger partial charge in [0.15, 0.2) is 0 Å². The summed E-state index contributed by atoms with van der Waals surface area (Å²) in [5.41, 5.74) is 1.90. The maximum atomic E-state index is 12.2. The van der Waals surface area contributed by atoms with Gasteiger partial charge in [-0.25, -0.2) is 0 Å². The topological polar surface area (TPSA) is 41.6 Å². The Balaban J connectivity index is 2.06. The van der Waals surface area contributed by atoms with Crippen molar-refractivity contribution in [2.24, 2.45) is 5.92 Å². The Morgan fingerprint density at radius 3 is 2.61 bits per heavy atom. The number of hydrogen-bond donors (Lipinski definition) is 1. The molecule has 0 radical (unpaired) electrons. The summed E-state index contributed by atoms with van der Waals surface area (Å²) in [6.45, 7) is 1.38. The van der Waals surface area contributed by atoms with E-state index in [-0.39, 0.29) is 11.8 Å². The second-order valence-electron chi connectivity index (χ2n) is 4.79. The highest BCUT2D eigenvalue weighted by Gasteiger charge is 2.22. The molecule has 2 rings (SSSR count). The second kappa shape index (κ2) is 5.87. The number of carbonyl (C=O) groups excluding carboxylic acids is 1. The van der Waals surface area contributed by atoms with Crippen LogP contribution >= 0.6 is 0 Å². The predicted octanol–water partition coefficient (Wildman–Crippen LogP) is 2.12. The molecule has 1 aliphatic heterocycles. The fourth-order valence-electron chi connectivity index (χ4n) is 2.16. The quantitative estimate of drug-likeness (QED) is 0.891. The van der Waals surface area contributed by atoms with Crippen molar-refractivity contribution in [3.05, 3.63) is 24.3 Å². The number of anilines is 2. The molecule has 1 heterocycles. The lowest BCUT2D eigenvalue weighted by atomic mass is 9.99. The van der Waals surface area contributed by atoms with Gasteiger partial charge >= 0.3 is 0 Å². The third kappa shape index (κ3) is 3.01. The zero-order chi connectivity index (χ0) is 13.0. The summed E-state index contributed by atoms with van der Waals surface area (Å²) in [5, 5.41) is 3.03. The number of benzene rings is 1. The lowest BCUT2D eigenvalue weighted by Crippen LogP contribution is -2.29. The van der Waals surface area contributed by atoms with Gasteiger partial charge in [0.25, 0.3) is 0 Å². The Labute approximate surface area is 108 Å². The van der Waals surface area contributed by atoms with Crippen molar-refractivity contribution in [2.75, 3.05) is 37.5 Å². The molecule has 1 aliphatic rings. The van der Waals surface area contributed by atoms with Crippen molar-refractivity contribution in [3.63, 3.8) is 0 Å². The lowest BCUT2D eigenvalue weighted by molar-refractivity contribution is -0.122. The van der Waals surface area contributed by atoms with Gasteiger partial charge in [0, 0.05) is 33.2 Å². The van der Waals surface area contributed by atoms with E-state index >= 15 is 0 Å². The van der Waals surface area contributed by atoms with Crippen LogP contribution in [0.1, 0.15) is 12.8 Å². The third-order valence-corrected chi connectivity index (χ3v) is 3.24. The minimum atomic E-state index is 0.0777. The summed E-state index contributed by atoms with van der Waals surface area (Å²) in [6.07, 6.45) is 1.63. The van der Waals surface area contributed by atoms with Gasteiger partial charge in [0.2, 0.25) is 5.91 Å². The van der Waals surface area contributed by atoms with Crippen LogP contribution in [0.2, 0.25) is 0 Å². The predicted molar refractivity (Wildman–Crippen MR) is 72.9 cm³/mol. The van der Waals surface area contributed by atoms with Crippen LogP contribution in [-0.2, 0) is 9.53 Å². The minimum absolute atomic E-state index is 0.0777. The molecule has 18 heavy (non-hydrogen) atoms. The number of para-hydroxylation sites is 2. The van der Waals surface area contributed by atoms with Crippen LogP contribution in [0.5, 0.6) is 0 Å². The van der Waals surface area contributed by atoms with Gasteiger partial charge in [-0.05, 0) is 25.0 Å². The molecule has 0 aromatic heterocycles. The molecule has 4 nitrogen and oxygen atoms in total. The molecule has 1 amide bonds. The SMILES string of the molecule is CN(C)c1ccccc1NC(=O)C1CCOCC1. The van der Waals surface area contributed by atoms with Crippen molar-refractivity contribution < 1.29 is 9.53 Å². The van der Waals surface area contributed by atoms with Crippen LogP contribution in [0.25, 0.3) is 0 Å². The number of ether oxygens (including phenoxy) is 1. The standard InChI is InChI=1S/C14H20N2O2/c1-16(2)13-6-4-3-5-12(13)15-14(17)11-7-9-18-10-8-11/h3-6,11H,7-10H2,1-2H3,(H,15,17). The molecule has 1 aromatic carbocycles. The summed E-state index contributed by atoms with van der Waals surface area (Å²) in [4.78, 5) is 14.2. The molecule has 0 unspecified atom stereocenters. The fourth-order valence-corrected chi connectivity index (χ4v) is 2.16. The van der Waals surface area contributed by atoms with Gasteiger partial charge < -0.3 is 15.0 Å². The first kappa shape index (κ1) is 12.9. The fraction of sp³-hybridized carbons (Fsp3) is 0.500. The molecular formula is C14H20N2O2. The number of nitrogens with one attached hydrogen (secondary N) is 1. The van der Waals surface area contributed by atoms with E-state index in [0.717, 1.165) is 24.2 Å². The van der Waals surface area contributed by atoms with Gasteiger partial charge in [-0.15, -0.1) is 0 Å². The van der Waals surface area contributed by atoms with Crippen molar-refractivity contribution in [2.45, 2.75) is 12.8 Å². The maximum absolute atomic E-state index is 12.2. The van der Waals surface area contributed by atoms with Crippen LogP contribution in [0.4, 0.5) is 11.4 Å². The van der Waals surface area contributed by atoms with E-state index in [1.54, 1.807) is 0 Å². The van der Waals surface area contributed by atoms with Crippen molar-refractivity contribution >= 4 is 17.3 Å². The van der Waals surface area contributed by atoms with E-state index in [9.17, 15) is 4.79 Å². The van der Waals surface area contributed by atoms with E-state index in [2.05, 4.69) is 5.32 Å². The highest BCUT2D eigenvalue weighted by Crippen LogP contribution is 2.25. The Bertz CT molecular complexity index is 412. The zero-order valence-corrected chi connectivity index (χ0v) is 11.0. The monoisotopic (exact) mass is 248 g/mol. The summed E-state index contributed by atoms with van der Waals surface area (Å²) >= 11 is 0. The van der Waals surface area contributed by atoms with Crippen LogP contribution in [-0.4, -0.2) is 33.2 Å². The Morgan fingerprint density at radius 2 is 1.94 bits per heavy atom. The minimum Gasteiger partial charge on any atom is -0.381 e. The van der Waals surface area contributed by atoms with Gasteiger partial charge in [0.1, 0.15) is 0 Å². The Hall–Kier alpha value is -1.55. The first-order valence-electron chi connectivity index (χ1n) is 6.33. The lowest BCUT2D eigenvalue weighted by Gasteiger charge is -2.23. The maximum Gasteiger partial charge on any atom is 0.227 e. The zero-order valence-electron chi connectivity index (χ0n) is 11.0. The van der Waals surface area contributed by atoms with Crippen molar-refractivity contribution in [1.82, 2.24) is 0 Å². The van der Waals surface area contributed by atoms with E-state index < -0.39 is 0 Å². The van der Waals surface area contributed by atoms with Crippen LogP contribution in [0.3, 0.4) is 0 Å². The highest BCUT2D eigenvalue weighted by atomic mass is 16.5. The molecule has 1 aromatic rings. The van der Waals surface area contributed by atoms with Crippen LogP contribution < -0.4 is 10.2 Å². The second-order valence-corrected chi connectivity index (χ2v) is 4.79. The van der Waals surface area contributed by atoms with E-state index in [4.69, 9.17) is 4.74 Å². The van der Waals surface area contributed by atoms with E-state index in [1.807, 2.05) is 43.3 Å². The molecule has 1 N–H and O–H groups in total.